The molecule has 1 fully saturated rings. The van der Waals surface area contributed by atoms with Crippen molar-refractivity contribution >= 4 is 17.4 Å². The largest absolute Gasteiger partial charge is 0.226 e. The van der Waals surface area contributed by atoms with Gasteiger partial charge in [-0.2, -0.15) is 0 Å². The fourth-order valence-corrected chi connectivity index (χ4v) is 4.32. The predicted octanol–water partition coefficient (Wildman–Crippen LogP) is 4.89. The van der Waals surface area contributed by atoms with Gasteiger partial charge in [0.1, 0.15) is 0 Å². The number of thiocarbonyl (C=S) groups is 1. The highest BCUT2D eigenvalue weighted by molar-refractivity contribution is 7.78. The van der Waals surface area contributed by atoms with Gasteiger partial charge in [-0.15, -0.1) is 0 Å². The molecule has 0 aromatic heterocycles. The Morgan fingerprint density at radius 1 is 1.44 bits per heavy atom. The smallest absolute Gasteiger partial charge is 0.0716 e. The van der Waals surface area contributed by atoms with Crippen LogP contribution >= 0.6 is 12.2 Å². The van der Waals surface area contributed by atoms with Crippen LogP contribution in [0.2, 0.25) is 0 Å². The van der Waals surface area contributed by atoms with E-state index >= 15 is 0 Å². The number of isothiocyanates is 1. The van der Waals surface area contributed by atoms with Crippen LogP contribution in [0, 0.1) is 23.7 Å². The first kappa shape index (κ1) is 14.0. The van der Waals surface area contributed by atoms with E-state index in [0.717, 1.165) is 11.8 Å². The van der Waals surface area contributed by atoms with E-state index in [-0.39, 0.29) is 5.54 Å². The Hall–Kier alpha value is -0.460. The van der Waals surface area contributed by atoms with Crippen LogP contribution in [-0.2, 0) is 0 Å². The highest BCUT2D eigenvalue weighted by Crippen LogP contribution is 2.51. The molecule has 0 amide bonds. The summed E-state index contributed by atoms with van der Waals surface area (Å²) in [7, 11) is 0. The minimum absolute atomic E-state index is 0.0367. The third kappa shape index (κ3) is 2.46. The van der Waals surface area contributed by atoms with E-state index in [1.807, 2.05) is 0 Å². The van der Waals surface area contributed by atoms with Crippen molar-refractivity contribution in [2.75, 3.05) is 0 Å². The molecule has 18 heavy (non-hydrogen) atoms. The molecule has 0 aliphatic heterocycles. The van der Waals surface area contributed by atoms with Gasteiger partial charge in [0, 0.05) is 0 Å². The topological polar surface area (TPSA) is 12.4 Å². The van der Waals surface area contributed by atoms with E-state index < -0.39 is 0 Å². The van der Waals surface area contributed by atoms with E-state index in [4.69, 9.17) is 12.2 Å². The maximum Gasteiger partial charge on any atom is 0.0716 e. The third-order valence-electron chi connectivity index (χ3n) is 5.23. The van der Waals surface area contributed by atoms with Crippen molar-refractivity contribution in [2.24, 2.45) is 28.7 Å². The number of hydrogen-bond donors (Lipinski definition) is 0. The maximum absolute atomic E-state index is 4.87. The zero-order valence-corrected chi connectivity index (χ0v) is 12.9. The van der Waals surface area contributed by atoms with Crippen molar-refractivity contribution in [1.82, 2.24) is 0 Å². The highest BCUT2D eigenvalue weighted by Gasteiger charge is 2.47. The quantitative estimate of drug-likeness (QED) is 0.393. The first-order valence-corrected chi connectivity index (χ1v) is 7.65. The van der Waals surface area contributed by atoms with Gasteiger partial charge in [0.25, 0.3) is 0 Å². The fraction of sp³-hybridized carbons (Fsp3) is 0.812. The molecular formula is C16H25NS. The van der Waals surface area contributed by atoms with Gasteiger partial charge in [0.2, 0.25) is 0 Å². The van der Waals surface area contributed by atoms with Gasteiger partial charge < -0.3 is 0 Å². The zero-order valence-electron chi connectivity index (χ0n) is 12.1. The van der Waals surface area contributed by atoms with Crippen molar-refractivity contribution in [1.29, 1.82) is 0 Å². The summed E-state index contributed by atoms with van der Waals surface area (Å²) in [6, 6.07) is 0. The molecule has 2 aliphatic carbocycles. The molecule has 0 spiro atoms. The number of nitrogens with zero attached hydrogens (tertiary/aromatic N) is 1. The van der Waals surface area contributed by atoms with Gasteiger partial charge in [-0.05, 0) is 75.4 Å². The molecule has 0 radical (unpaired) electrons. The SMILES string of the molecule is CC1=C[C@@H]2[C@@H](CC1)[C@@](C)(N=C=S)CC[C@H]2C(C)C. The van der Waals surface area contributed by atoms with Gasteiger partial charge in [-0.3, -0.25) is 0 Å². The summed E-state index contributed by atoms with van der Waals surface area (Å²) in [4.78, 5) is 4.55. The molecule has 1 saturated carbocycles. The molecule has 0 bridgehead atoms. The molecule has 2 aliphatic rings. The van der Waals surface area contributed by atoms with E-state index in [1.165, 1.54) is 25.7 Å². The third-order valence-corrected chi connectivity index (χ3v) is 5.32. The van der Waals surface area contributed by atoms with Crippen LogP contribution in [0.5, 0.6) is 0 Å². The van der Waals surface area contributed by atoms with E-state index in [0.29, 0.717) is 11.8 Å². The Morgan fingerprint density at radius 2 is 2.17 bits per heavy atom. The summed E-state index contributed by atoms with van der Waals surface area (Å²) >= 11 is 4.87. The normalized spacial score (nSPS) is 39.8. The summed E-state index contributed by atoms with van der Waals surface area (Å²) in [6.45, 7) is 9.30. The average molecular weight is 263 g/mol. The molecule has 0 unspecified atom stereocenters. The van der Waals surface area contributed by atoms with E-state index in [2.05, 4.69) is 43.9 Å². The summed E-state index contributed by atoms with van der Waals surface area (Å²) in [5.74, 6) is 2.95. The van der Waals surface area contributed by atoms with Crippen LogP contribution in [0.3, 0.4) is 0 Å². The van der Waals surface area contributed by atoms with Crippen LogP contribution < -0.4 is 0 Å². The van der Waals surface area contributed by atoms with Crippen LogP contribution in [0.4, 0.5) is 0 Å². The monoisotopic (exact) mass is 263 g/mol. The molecule has 2 heteroatoms. The minimum atomic E-state index is 0.0367. The van der Waals surface area contributed by atoms with E-state index in [1.54, 1.807) is 5.57 Å². The Labute approximate surface area is 117 Å². The lowest BCUT2D eigenvalue weighted by Gasteiger charge is -2.49. The molecule has 100 valence electrons. The standard InChI is InChI=1S/C16H25NS/c1-11(2)13-7-8-16(4,17-10-18)15-6-5-12(3)9-14(13)15/h9,11,13-15H,5-8H2,1-4H3/t13-,14-,15+,16-/m0/s1. The molecule has 0 aromatic rings. The second-order valence-electron chi connectivity index (χ2n) is 6.74. The number of aliphatic imine (C=N–C) groups is 1. The molecular weight excluding hydrogens is 238 g/mol. The Balaban J connectivity index is 2.34. The maximum atomic E-state index is 4.87. The fourth-order valence-electron chi connectivity index (χ4n) is 4.11. The van der Waals surface area contributed by atoms with Crippen molar-refractivity contribution in [2.45, 2.75) is 58.9 Å². The molecule has 4 atom stereocenters. The minimum Gasteiger partial charge on any atom is -0.226 e. The van der Waals surface area contributed by atoms with Crippen molar-refractivity contribution in [3.63, 3.8) is 0 Å². The van der Waals surface area contributed by atoms with Gasteiger partial charge in [-0.25, -0.2) is 4.99 Å². The predicted molar refractivity (Wildman–Crippen MR) is 81.0 cm³/mol. The van der Waals surface area contributed by atoms with Crippen LogP contribution in [0.15, 0.2) is 16.6 Å². The van der Waals surface area contributed by atoms with Crippen LogP contribution in [-0.4, -0.2) is 10.7 Å². The van der Waals surface area contributed by atoms with Gasteiger partial charge in [-0.1, -0.05) is 25.5 Å². The molecule has 2 rings (SSSR count). The summed E-state index contributed by atoms with van der Waals surface area (Å²) in [5, 5.41) is 2.65. The van der Waals surface area contributed by atoms with Crippen molar-refractivity contribution in [3.8, 4) is 0 Å². The highest BCUT2D eigenvalue weighted by atomic mass is 32.1. The lowest BCUT2D eigenvalue weighted by molar-refractivity contribution is 0.0685. The summed E-state index contributed by atoms with van der Waals surface area (Å²) in [6.07, 6.45) is 7.49. The molecule has 0 saturated heterocycles. The van der Waals surface area contributed by atoms with Crippen molar-refractivity contribution in [3.05, 3.63) is 11.6 Å². The second kappa shape index (κ2) is 5.27. The first-order valence-electron chi connectivity index (χ1n) is 7.24. The lowest BCUT2D eigenvalue weighted by Crippen LogP contribution is -2.47. The average Bonchev–Trinajstić information content (AvgIpc) is 2.28. The lowest BCUT2D eigenvalue weighted by atomic mass is 9.57. The first-order chi connectivity index (χ1) is 8.48. The number of hydrogen-bond acceptors (Lipinski definition) is 2. The molecule has 0 aromatic carbocycles. The zero-order chi connectivity index (χ0) is 13.3. The Morgan fingerprint density at radius 3 is 2.78 bits per heavy atom. The molecule has 0 N–H and O–H groups in total. The number of rotatable bonds is 2. The number of allylic oxidation sites excluding steroid dienone is 2. The Bertz CT molecular complexity index is 392. The summed E-state index contributed by atoms with van der Waals surface area (Å²) < 4.78 is 0. The van der Waals surface area contributed by atoms with Crippen LogP contribution in [0.25, 0.3) is 0 Å². The summed E-state index contributed by atoms with van der Waals surface area (Å²) in [5.41, 5.74) is 1.60. The number of fused-ring (bicyclic) bond motifs is 1. The van der Waals surface area contributed by atoms with Gasteiger partial charge in [0.15, 0.2) is 0 Å². The van der Waals surface area contributed by atoms with Crippen LogP contribution in [0.1, 0.15) is 53.4 Å². The van der Waals surface area contributed by atoms with E-state index in [9.17, 15) is 0 Å². The Kier molecular flexibility index (Phi) is 4.08. The van der Waals surface area contributed by atoms with Crippen molar-refractivity contribution < 1.29 is 0 Å². The van der Waals surface area contributed by atoms with Gasteiger partial charge in [0.05, 0.1) is 10.7 Å². The molecule has 1 nitrogen and oxygen atoms in total. The molecule has 0 heterocycles. The second-order valence-corrected chi connectivity index (χ2v) is 6.92. The van der Waals surface area contributed by atoms with Gasteiger partial charge >= 0.3 is 0 Å².